The molecule has 2 aromatic rings. The summed E-state index contributed by atoms with van der Waals surface area (Å²) in [5, 5.41) is 4.66. The Bertz CT molecular complexity index is 581. The van der Waals surface area contributed by atoms with Gasteiger partial charge in [0.15, 0.2) is 0 Å². The lowest BCUT2D eigenvalue weighted by Crippen LogP contribution is -2.05. The van der Waals surface area contributed by atoms with Crippen LogP contribution in [0.1, 0.15) is 23.0 Å². The van der Waals surface area contributed by atoms with E-state index in [0.29, 0.717) is 5.92 Å². The predicted octanol–water partition coefficient (Wildman–Crippen LogP) is 2.84. The molecular weight excluding hydrogens is 222 g/mol. The van der Waals surface area contributed by atoms with Gasteiger partial charge in [-0.15, -0.1) is 0 Å². The summed E-state index contributed by atoms with van der Waals surface area (Å²) < 4.78 is 2.01. The molecule has 0 fully saturated rings. The van der Waals surface area contributed by atoms with Crippen LogP contribution in [0, 0.1) is 6.92 Å². The van der Waals surface area contributed by atoms with Gasteiger partial charge in [-0.25, -0.2) is 0 Å². The second-order valence-electron chi connectivity index (χ2n) is 4.48. The third-order valence-electron chi connectivity index (χ3n) is 3.13. The van der Waals surface area contributed by atoms with E-state index in [1.54, 1.807) is 0 Å². The van der Waals surface area contributed by atoms with Crippen LogP contribution in [0.2, 0.25) is 0 Å². The standard InChI is InChI=1S/C15H15N3/c1-12-10-15(13-6-2-3-7-13)17-18(12)11-14-8-4-5-9-16-14/h2-10,13H,11H2,1H3. The third kappa shape index (κ3) is 2.12. The van der Waals surface area contributed by atoms with Crippen LogP contribution < -0.4 is 0 Å². The van der Waals surface area contributed by atoms with E-state index in [1.807, 2.05) is 29.1 Å². The van der Waals surface area contributed by atoms with E-state index in [0.717, 1.165) is 17.9 Å². The van der Waals surface area contributed by atoms with Crippen molar-refractivity contribution in [3.63, 3.8) is 0 Å². The Hall–Kier alpha value is -2.16. The van der Waals surface area contributed by atoms with E-state index in [2.05, 4.69) is 47.4 Å². The highest BCUT2D eigenvalue weighted by Gasteiger charge is 2.12. The quantitative estimate of drug-likeness (QED) is 0.821. The van der Waals surface area contributed by atoms with Crippen LogP contribution in [0.5, 0.6) is 0 Å². The SMILES string of the molecule is Cc1cc(C2C=CC=C2)nn1Cc1ccccn1. The van der Waals surface area contributed by atoms with Gasteiger partial charge in [0, 0.05) is 17.8 Å². The zero-order chi connectivity index (χ0) is 12.4. The van der Waals surface area contributed by atoms with Gasteiger partial charge in [-0.1, -0.05) is 30.4 Å². The molecule has 3 rings (SSSR count). The molecule has 2 aromatic heterocycles. The lowest BCUT2D eigenvalue weighted by atomic mass is 10.1. The lowest BCUT2D eigenvalue weighted by molar-refractivity contribution is 0.641. The van der Waals surface area contributed by atoms with E-state index in [4.69, 9.17) is 0 Å². The van der Waals surface area contributed by atoms with Crippen molar-refractivity contribution in [3.8, 4) is 0 Å². The normalized spacial score (nSPS) is 14.5. The van der Waals surface area contributed by atoms with E-state index in [-0.39, 0.29) is 0 Å². The molecule has 0 unspecified atom stereocenters. The number of aromatic nitrogens is 3. The Morgan fingerprint density at radius 2 is 2.06 bits per heavy atom. The van der Waals surface area contributed by atoms with Crippen molar-refractivity contribution in [3.05, 3.63) is 71.8 Å². The van der Waals surface area contributed by atoms with Crippen LogP contribution >= 0.6 is 0 Å². The molecule has 0 atom stereocenters. The topological polar surface area (TPSA) is 30.7 Å². The summed E-state index contributed by atoms with van der Waals surface area (Å²) >= 11 is 0. The minimum atomic E-state index is 0.327. The average molecular weight is 237 g/mol. The van der Waals surface area contributed by atoms with E-state index in [9.17, 15) is 0 Å². The van der Waals surface area contributed by atoms with Crippen molar-refractivity contribution in [2.24, 2.45) is 0 Å². The Morgan fingerprint density at radius 1 is 1.22 bits per heavy atom. The molecule has 0 saturated heterocycles. The van der Waals surface area contributed by atoms with E-state index >= 15 is 0 Å². The van der Waals surface area contributed by atoms with E-state index < -0.39 is 0 Å². The number of aryl methyl sites for hydroxylation is 1. The van der Waals surface area contributed by atoms with Crippen LogP contribution in [-0.4, -0.2) is 14.8 Å². The number of hydrogen-bond acceptors (Lipinski definition) is 2. The molecule has 2 heterocycles. The molecule has 3 heteroatoms. The third-order valence-corrected chi connectivity index (χ3v) is 3.13. The van der Waals surface area contributed by atoms with Gasteiger partial charge in [0.25, 0.3) is 0 Å². The molecule has 0 radical (unpaired) electrons. The number of hydrogen-bond donors (Lipinski definition) is 0. The molecule has 1 aliphatic carbocycles. The van der Waals surface area contributed by atoms with Crippen LogP contribution in [-0.2, 0) is 6.54 Å². The summed E-state index contributed by atoms with van der Waals surface area (Å²) in [5.41, 5.74) is 3.31. The van der Waals surface area contributed by atoms with Gasteiger partial charge < -0.3 is 0 Å². The first-order chi connectivity index (χ1) is 8.83. The molecule has 0 spiro atoms. The highest BCUT2D eigenvalue weighted by molar-refractivity contribution is 5.31. The molecule has 0 aliphatic heterocycles. The molecule has 0 saturated carbocycles. The Balaban J connectivity index is 1.85. The Labute approximate surface area is 106 Å². The molecule has 0 amide bonds. The molecule has 0 bridgehead atoms. The zero-order valence-electron chi connectivity index (χ0n) is 10.3. The Morgan fingerprint density at radius 3 is 2.78 bits per heavy atom. The van der Waals surface area contributed by atoms with Crippen molar-refractivity contribution in [1.82, 2.24) is 14.8 Å². The number of rotatable bonds is 3. The van der Waals surface area contributed by atoms with E-state index in [1.165, 1.54) is 5.69 Å². The van der Waals surface area contributed by atoms with Gasteiger partial charge in [-0.2, -0.15) is 5.10 Å². The van der Waals surface area contributed by atoms with Crippen molar-refractivity contribution in [1.29, 1.82) is 0 Å². The molecule has 0 aromatic carbocycles. The molecule has 90 valence electrons. The van der Waals surface area contributed by atoms with Crippen molar-refractivity contribution in [2.75, 3.05) is 0 Å². The van der Waals surface area contributed by atoms with Gasteiger partial charge in [-0.05, 0) is 25.1 Å². The maximum atomic E-state index is 4.66. The first kappa shape index (κ1) is 11.0. The monoisotopic (exact) mass is 237 g/mol. The summed E-state index contributed by atoms with van der Waals surface area (Å²) in [4.78, 5) is 4.33. The lowest BCUT2D eigenvalue weighted by Gasteiger charge is -2.03. The fourth-order valence-corrected chi connectivity index (χ4v) is 2.13. The van der Waals surface area contributed by atoms with Crippen molar-refractivity contribution < 1.29 is 0 Å². The Kier molecular flexibility index (Phi) is 2.81. The largest absolute Gasteiger partial charge is 0.264 e. The van der Waals surface area contributed by atoms with Crippen LogP contribution in [0.25, 0.3) is 0 Å². The van der Waals surface area contributed by atoms with Gasteiger partial charge in [0.2, 0.25) is 0 Å². The minimum Gasteiger partial charge on any atom is -0.264 e. The van der Waals surface area contributed by atoms with Crippen LogP contribution in [0.15, 0.2) is 54.8 Å². The second kappa shape index (κ2) is 4.61. The molecular formula is C15H15N3. The fourth-order valence-electron chi connectivity index (χ4n) is 2.13. The minimum absolute atomic E-state index is 0.327. The molecule has 3 nitrogen and oxygen atoms in total. The summed E-state index contributed by atoms with van der Waals surface area (Å²) in [6.07, 6.45) is 10.3. The zero-order valence-corrected chi connectivity index (χ0v) is 10.3. The maximum absolute atomic E-state index is 4.66. The number of allylic oxidation sites excluding steroid dienone is 4. The van der Waals surface area contributed by atoms with Crippen molar-refractivity contribution >= 4 is 0 Å². The van der Waals surface area contributed by atoms with Gasteiger partial charge in [0.1, 0.15) is 0 Å². The average Bonchev–Trinajstić information content (AvgIpc) is 3.01. The molecule has 0 N–H and O–H groups in total. The van der Waals surface area contributed by atoms with Gasteiger partial charge >= 0.3 is 0 Å². The molecule has 18 heavy (non-hydrogen) atoms. The summed E-state index contributed by atoms with van der Waals surface area (Å²) in [7, 11) is 0. The van der Waals surface area contributed by atoms with Crippen LogP contribution in [0.3, 0.4) is 0 Å². The maximum Gasteiger partial charge on any atom is 0.0834 e. The second-order valence-corrected chi connectivity index (χ2v) is 4.48. The van der Waals surface area contributed by atoms with Gasteiger partial charge in [-0.3, -0.25) is 9.67 Å². The van der Waals surface area contributed by atoms with Crippen molar-refractivity contribution in [2.45, 2.75) is 19.4 Å². The predicted molar refractivity (Wildman–Crippen MR) is 71.3 cm³/mol. The summed E-state index contributed by atoms with van der Waals surface area (Å²) in [6.45, 7) is 2.81. The first-order valence-electron chi connectivity index (χ1n) is 6.12. The van der Waals surface area contributed by atoms with Gasteiger partial charge in [0.05, 0.1) is 17.9 Å². The highest BCUT2D eigenvalue weighted by Crippen LogP contribution is 2.22. The summed E-state index contributed by atoms with van der Waals surface area (Å²) in [5.74, 6) is 0.327. The number of pyridine rings is 1. The summed E-state index contributed by atoms with van der Waals surface area (Å²) in [6, 6.07) is 8.10. The van der Waals surface area contributed by atoms with Crippen LogP contribution in [0.4, 0.5) is 0 Å². The highest BCUT2D eigenvalue weighted by atomic mass is 15.3. The fraction of sp³-hybridized carbons (Fsp3) is 0.200. The molecule has 1 aliphatic rings. The smallest absolute Gasteiger partial charge is 0.0834 e. The first-order valence-corrected chi connectivity index (χ1v) is 6.12. The number of nitrogens with zero attached hydrogens (tertiary/aromatic N) is 3.